The molecule has 0 spiro atoms. The Bertz CT molecular complexity index is 1430. The minimum absolute atomic E-state index is 0.0169. The van der Waals surface area contributed by atoms with Gasteiger partial charge in [0.05, 0.1) is 22.4 Å². The number of nitrogens with zero attached hydrogens (tertiary/aromatic N) is 4. The molecule has 1 atom stereocenters. The number of aromatic nitrogens is 2. The van der Waals surface area contributed by atoms with Gasteiger partial charge in [-0.05, 0) is 68.1 Å². The van der Waals surface area contributed by atoms with Crippen LogP contribution in [0.5, 0.6) is 0 Å². The third-order valence-electron chi connectivity index (χ3n) is 7.23. The second-order valence-corrected chi connectivity index (χ2v) is 10.3. The zero-order valence-corrected chi connectivity index (χ0v) is 23.6. The lowest BCUT2D eigenvalue weighted by atomic mass is 10.0. The van der Waals surface area contributed by atoms with Crippen molar-refractivity contribution in [2.75, 3.05) is 24.5 Å². The first kappa shape index (κ1) is 29.0. The zero-order chi connectivity index (χ0) is 28.6. The number of piperazine rings is 1. The summed E-state index contributed by atoms with van der Waals surface area (Å²) in [6, 6.07) is 13.4. The number of halogens is 1. The molecule has 208 valence electrons. The first-order chi connectivity index (χ1) is 19.3. The van der Waals surface area contributed by atoms with Gasteiger partial charge in [0, 0.05) is 53.9 Å². The number of anilines is 1. The van der Waals surface area contributed by atoms with Crippen molar-refractivity contribution < 1.29 is 14.7 Å². The highest BCUT2D eigenvalue weighted by Gasteiger charge is 2.30. The number of unbranched alkanes of at least 4 members (excludes halogenated alkanes) is 1. The predicted octanol–water partition coefficient (Wildman–Crippen LogP) is 6.58. The summed E-state index contributed by atoms with van der Waals surface area (Å²) in [6.45, 7) is 11.9. The van der Waals surface area contributed by atoms with Gasteiger partial charge in [-0.15, -0.1) is 0 Å². The number of amides is 1. The molecule has 2 heterocycles. The van der Waals surface area contributed by atoms with Gasteiger partial charge in [0.25, 0.3) is 5.91 Å². The Hall–Kier alpha value is -3.97. The smallest absolute Gasteiger partial charge is 0.303 e. The molecule has 0 saturated carbocycles. The number of fused-ring (bicyclic) bond motifs is 1. The summed E-state index contributed by atoms with van der Waals surface area (Å²) in [5.41, 5.74) is 5.24. The van der Waals surface area contributed by atoms with E-state index < -0.39 is 5.97 Å². The van der Waals surface area contributed by atoms with Gasteiger partial charge in [0.1, 0.15) is 0 Å². The lowest BCUT2D eigenvalue weighted by molar-refractivity contribution is -0.137. The quantitative estimate of drug-likeness (QED) is 0.211. The summed E-state index contributed by atoms with van der Waals surface area (Å²) in [4.78, 5) is 38.7. The number of aryl methyl sites for hydroxylation is 1. The number of carboxylic acid groups (broad SMARTS) is 1. The number of benzene rings is 2. The minimum atomic E-state index is -0.814. The lowest BCUT2D eigenvalue weighted by Crippen LogP contribution is -2.55. The topological polar surface area (TPSA) is 86.6 Å². The SMILES string of the molecule is C=C/C=C(\C=C)c1nc2ccc(C(=O)N3CCN(c4ccc(Cl)cc4)C[C@H]3CC)cc2nc1CCCCC(=O)O. The summed E-state index contributed by atoms with van der Waals surface area (Å²) < 4.78 is 0. The van der Waals surface area contributed by atoms with Crippen LogP contribution in [-0.2, 0) is 11.2 Å². The monoisotopic (exact) mass is 558 g/mol. The first-order valence-corrected chi connectivity index (χ1v) is 14.0. The summed E-state index contributed by atoms with van der Waals surface area (Å²) in [5, 5.41) is 9.71. The number of rotatable bonds is 11. The number of aliphatic carboxylic acids is 1. The molecule has 1 saturated heterocycles. The van der Waals surface area contributed by atoms with Crippen LogP contribution in [-0.4, -0.2) is 57.5 Å². The van der Waals surface area contributed by atoms with E-state index in [0.717, 1.165) is 36.5 Å². The van der Waals surface area contributed by atoms with Crippen molar-refractivity contribution >= 4 is 45.8 Å². The van der Waals surface area contributed by atoms with E-state index in [9.17, 15) is 9.59 Å². The van der Waals surface area contributed by atoms with Crippen LogP contribution < -0.4 is 4.90 Å². The maximum atomic E-state index is 13.7. The molecule has 3 aromatic rings. The van der Waals surface area contributed by atoms with Gasteiger partial charge in [-0.2, -0.15) is 0 Å². The third-order valence-corrected chi connectivity index (χ3v) is 7.49. The molecule has 2 aromatic carbocycles. The number of hydrogen-bond donors (Lipinski definition) is 1. The van der Waals surface area contributed by atoms with E-state index in [1.807, 2.05) is 53.4 Å². The van der Waals surface area contributed by atoms with Crippen LogP contribution in [0.4, 0.5) is 5.69 Å². The molecule has 4 rings (SSSR count). The van der Waals surface area contributed by atoms with Gasteiger partial charge in [-0.1, -0.05) is 49.9 Å². The van der Waals surface area contributed by atoms with E-state index in [1.165, 1.54) is 0 Å². The van der Waals surface area contributed by atoms with Crippen molar-refractivity contribution in [2.45, 2.75) is 45.1 Å². The summed E-state index contributed by atoms with van der Waals surface area (Å²) in [6.07, 6.45) is 7.94. The average molecular weight is 559 g/mol. The molecule has 7 nitrogen and oxygen atoms in total. The standard InChI is InChI=1S/C32H35ClN4O3/c1-4-9-22(5-2)31-28(10-7-8-11-30(38)39)34-29-20-23(12-17-27(29)35-31)32(40)37-19-18-36(21-25(37)6-3)26-15-13-24(33)14-16-26/h4-5,9,12-17,20,25H,1-2,6-8,10-11,18-19,21H2,3H3,(H,38,39)/b22-9+/t25-/m1/s1. The second kappa shape index (κ2) is 13.4. The fourth-order valence-corrected chi connectivity index (χ4v) is 5.22. The minimum Gasteiger partial charge on any atom is -0.481 e. The fourth-order valence-electron chi connectivity index (χ4n) is 5.09. The Labute approximate surface area is 240 Å². The normalized spacial score (nSPS) is 15.8. The summed E-state index contributed by atoms with van der Waals surface area (Å²) in [7, 11) is 0. The summed E-state index contributed by atoms with van der Waals surface area (Å²) >= 11 is 6.07. The zero-order valence-electron chi connectivity index (χ0n) is 22.9. The van der Waals surface area contributed by atoms with Gasteiger partial charge >= 0.3 is 5.97 Å². The van der Waals surface area contributed by atoms with Crippen molar-refractivity contribution in [1.82, 2.24) is 14.9 Å². The molecule has 0 unspecified atom stereocenters. The highest BCUT2D eigenvalue weighted by molar-refractivity contribution is 6.30. The van der Waals surface area contributed by atoms with E-state index in [0.29, 0.717) is 53.1 Å². The molecular weight excluding hydrogens is 524 g/mol. The van der Waals surface area contributed by atoms with Gasteiger partial charge < -0.3 is 14.9 Å². The van der Waals surface area contributed by atoms with Crippen molar-refractivity contribution in [2.24, 2.45) is 0 Å². The van der Waals surface area contributed by atoms with Gasteiger partial charge in [-0.25, -0.2) is 9.97 Å². The third kappa shape index (κ3) is 6.77. The van der Waals surface area contributed by atoms with Crippen LogP contribution in [0, 0.1) is 0 Å². The van der Waals surface area contributed by atoms with E-state index >= 15 is 0 Å². The fraction of sp³-hybridized carbons (Fsp3) is 0.312. The highest BCUT2D eigenvalue weighted by Crippen LogP contribution is 2.26. The maximum Gasteiger partial charge on any atom is 0.303 e. The maximum absolute atomic E-state index is 13.7. The van der Waals surface area contributed by atoms with E-state index in [1.54, 1.807) is 12.2 Å². The Morgan fingerprint density at radius 1 is 1.07 bits per heavy atom. The number of carbonyl (C=O) groups excluding carboxylic acids is 1. The van der Waals surface area contributed by atoms with Crippen LogP contribution in [0.2, 0.25) is 5.02 Å². The highest BCUT2D eigenvalue weighted by atomic mass is 35.5. The van der Waals surface area contributed by atoms with Crippen molar-refractivity contribution in [3.8, 4) is 0 Å². The largest absolute Gasteiger partial charge is 0.481 e. The van der Waals surface area contributed by atoms with E-state index in [4.69, 9.17) is 26.7 Å². The van der Waals surface area contributed by atoms with Crippen LogP contribution in [0.15, 0.2) is 73.9 Å². The molecule has 1 aliphatic rings. The average Bonchev–Trinajstić information content (AvgIpc) is 2.97. The lowest BCUT2D eigenvalue weighted by Gasteiger charge is -2.42. The Kier molecular flexibility index (Phi) is 9.72. The Balaban J connectivity index is 1.60. The van der Waals surface area contributed by atoms with Crippen LogP contribution in [0.1, 0.15) is 54.4 Å². The van der Waals surface area contributed by atoms with Gasteiger partial charge in [0.15, 0.2) is 0 Å². The van der Waals surface area contributed by atoms with Crippen molar-refractivity contribution in [3.63, 3.8) is 0 Å². The molecule has 1 fully saturated rings. The molecule has 40 heavy (non-hydrogen) atoms. The molecule has 1 N–H and O–H groups in total. The number of hydrogen-bond acceptors (Lipinski definition) is 5. The van der Waals surface area contributed by atoms with Gasteiger partial charge in [0.2, 0.25) is 0 Å². The first-order valence-electron chi connectivity index (χ1n) is 13.6. The number of carboxylic acids is 1. The molecule has 0 radical (unpaired) electrons. The van der Waals surface area contributed by atoms with Crippen LogP contribution >= 0.6 is 11.6 Å². The molecular formula is C32H35ClN4O3. The van der Waals surface area contributed by atoms with Crippen molar-refractivity contribution in [1.29, 1.82) is 0 Å². The van der Waals surface area contributed by atoms with E-state index in [-0.39, 0.29) is 18.4 Å². The van der Waals surface area contributed by atoms with Gasteiger partial charge in [-0.3, -0.25) is 9.59 Å². The number of carbonyl (C=O) groups is 2. The molecule has 1 aliphatic heterocycles. The number of allylic oxidation sites excluding steroid dienone is 4. The molecule has 8 heteroatoms. The van der Waals surface area contributed by atoms with Crippen LogP contribution in [0.25, 0.3) is 16.6 Å². The predicted molar refractivity (Wildman–Crippen MR) is 162 cm³/mol. The van der Waals surface area contributed by atoms with E-state index in [2.05, 4.69) is 25.0 Å². The molecule has 1 aromatic heterocycles. The second-order valence-electron chi connectivity index (χ2n) is 9.87. The Morgan fingerprint density at radius 3 is 2.52 bits per heavy atom. The van der Waals surface area contributed by atoms with Crippen molar-refractivity contribution in [3.05, 3.63) is 95.8 Å². The molecule has 0 aliphatic carbocycles. The molecule has 1 amide bonds. The molecule has 0 bridgehead atoms. The summed E-state index contributed by atoms with van der Waals surface area (Å²) in [5.74, 6) is -0.831. The van der Waals surface area contributed by atoms with Crippen LogP contribution in [0.3, 0.4) is 0 Å². The Morgan fingerprint density at radius 2 is 1.85 bits per heavy atom.